The molecular weight excluding hydrogens is 296 g/mol. The number of phenols is 1. The molecule has 0 amide bonds. The van der Waals surface area contributed by atoms with Crippen molar-refractivity contribution in [2.24, 2.45) is 0 Å². The van der Waals surface area contributed by atoms with E-state index in [9.17, 15) is 14.7 Å². The van der Waals surface area contributed by atoms with Crippen LogP contribution in [0.2, 0.25) is 0 Å². The summed E-state index contributed by atoms with van der Waals surface area (Å²) >= 11 is 0. The number of Topliss-reactive ketones (excluding diaryl/α,β-unsaturated/α-hetero) is 1. The van der Waals surface area contributed by atoms with Gasteiger partial charge in [-0.25, -0.2) is 4.79 Å². The van der Waals surface area contributed by atoms with Gasteiger partial charge in [0.15, 0.2) is 18.1 Å². The van der Waals surface area contributed by atoms with Gasteiger partial charge < -0.3 is 14.6 Å². The fourth-order valence-corrected chi connectivity index (χ4v) is 2.17. The average Bonchev–Trinajstić information content (AvgIpc) is 2.54. The van der Waals surface area contributed by atoms with E-state index >= 15 is 0 Å². The van der Waals surface area contributed by atoms with E-state index in [0.29, 0.717) is 5.56 Å². The van der Waals surface area contributed by atoms with Crippen LogP contribution < -0.4 is 4.74 Å². The summed E-state index contributed by atoms with van der Waals surface area (Å²) in [4.78, 5) is 24.2. The lowest BCUT2D eigenvalue weighted by molar-refractivity contribution is 0.0471. The average molecular weight is 314 g/mol. The maximum absolute atomic E-state index is 12.2. The quantitative estimate of drug-likeness (QED) is 0.678. The van der Waals surface area contributed by atoms with Gasteiger partial charge in [-0.15, -0.1) is 0 Å². The van der Waals surface area contributed by atoms with Gasteiger partial charge in [0, 0.05) is 5.56 Å². The van der Waals surface area contributed by atoms with Gasteiger partial charge in [0.05, 0.1) is 7.11 Å². The van der Waals surface area contributed by atoms with E-state index in [1.807, 2.05) is 26.0 Å². The number of methoxy groups -OCH3 is 1. The third-order valence-electron chi connectivity index (χ3n) is 3.47. The predicted octanol–water partition coefficient (Wildman–Crippen LogP) is 3.06. The molecule has 5 nitrogen and oxygen atoms in total. The van der Waals surface area contributed by atoms with Gasteiger partial charge in [-0.05, 0) is 37.6 Å². The van der Waals surface area contributed by atoms with E-state index in [4.69, 9.17) is 9.47 Å². The summed E-state index contributed by atoms with van der Waals surface area (Å²) in [6.45, 7) is 3.32. The Labute approximate surface area is 134 Å². The minimum atomic E-state index is -0.778. The summed E-state index contributed by atoms with van der Waals surface area (Å²) in [6, 6.07) is 10.00. The third kappa shape index (κ3) is 3.69. The summed E-state index contributed by atoms with van der Waals surface area (Å²) in [5.74, 6) is -1.21. The molecule has 0 aromatic heterocycles. The van der Waals surface area contributed by atoms with E-state index in [-0.39, 0.29) is 29.5 Å². The van der Waals surface area contributed by atoms with Crippen LogP contribution in [-0.2, 0) is 4.74 Å². The Morgan fingerprint density at radius 1 is 1.09 bits per heavy atom. The molecule has 0 unspecified atom stereocenters. The van der Waals surface area contributed by atoms with Crippen molar-refractivity contribution in [3.05, 3.63) is 58.7 Å². The summed E-state index contributed by atoms with van der Waals surface area (Å²) in [5.41, 5.74) is 2.25. The number of hydrogen-bond donors (Lipinski definition) is 1. The van der Waals surface area contributed by atoms with Gasteiger partial charge in [0.2, 0.25) is 5.78 Å². The molecule has 0 aliphatic rings. The van der Waals surface area contributed by atoms with E-state index < -0.39 is 5.97 Å². The Morgan fingerprint density at radius 2 is 1.83 bits per heavy atom. The molecule has 0 saturated carbocycles. The number of phenolic OH excluding ortho intramolecular Hbond substituents is 1. The first kappa shape index (κ1) is 16.5. The standard InChI is InChI=1S/C18H18O5/c1-11-7-8-12(2)14(9-11)15(19)10-23-18(21)13-5-4-6-16(22-3)17(13)20/h4-9,20H,10H2,1-3H3. The molecule has 0 aliphatic heterocycles. The summed E-state index contributed by atoms with van der Waals surface area (Å²) < 4.78 is 9.95. The lowest BCUT2D eigenvalue weighted by Gasteiger charge is -2.10. The summed E-state index contributed by atoms with van der Waals surface area (Å²) in [5, 5.41) is 9.91. The Bertz CT molecular complexity index is 749. The van der Waals surface area contributed by atoms with Crippen LogP contribution in [0.15, 0.2) is 36.4 Å². The van der Waals surface area contributed by atoms with Gasteiger partial charge in [-0.1, -0.05) is 23.8 Å². The number of aromatic hydroxyl groups is 1. The van der Waals surface area contributed by atoms with Crippen LogP contribution in [0.4, 0.5) is 0 Å². The Morgan fingerprint density at radius 3 is 2.52 bits per heavy atom. The minimum absolute atomic E-state index is 0.0434. The molecule has 1 N–H and O–H groups in total. The number of rotatable bonds is 5. The molecule has 0 aliphatic carbocycles. The van der Waals surface area contributed by atoms with E-state index in [1.54, 1.807) is 12.1 Å². The normalized spacial score (nSPS) is 10.2. The number of hydrogen-bond acceptors (Lipinski definition) is 5. The maximum atomic E-state index is 12.2. The molecule has 0 bridgehead atoms. The zero-order valence-electron chi connectivity index (χ0n) is 13.3. The van der Waals surface area contributed by atoms with Gasteiger partial charge in [-0.3, -0.25) is 4.79 Å². The monoisotopic (exact) mass is 314 g/mol. The van der Waals surface area contributed by atoms with Crippen molar-refractivity contribution in [3.63, 3.8) is 0 Å². The van der Waals surface area contributed by atoms with Crippen LogP contribution in [0, 0.1) is 13.8 Å². The number of ketones is 1. The molecule has 2 aromatic carbocycles. The fraction of sp³-hybridized carbons (Fsp3) is 0.222. The predicted molar refractivity (Wildman–Crippen MR) is 85.2 cm³/mol. The molecular formula is C18H18O5. The Kier molecular flexibility index (Phi) is 5.01. The van der Waals surface area contributed by atoms with E-state index in [1.165, 1.54) is 19.2 Å². The van der Waals surface area contributed by atoms with Crippen molar-refractivity contribution in [2.75, 3.05) is 13.7 Å². The molecule has 0 radical (unpaired) electrons. The SMILES string of the molecule is COc1cccc(C(=O)OCC(=O)c2cc(C)ccc2C)c1O. The molecule has 120 valence electrons. The second-order valence-electron chi connectivity index (χ2n) is 5.17. The second kappa shape index (κ2) is 6.96. The number of ether oxygens (including phenoxy) is 2. The number of carbonyl (C=O) groups excluding carboxylic acids is 2. The van der Waals surface area contributed by atoms with Crippen LogP contribution in [-0.4, -0.2) is 30.6 Å². The second-order valence-corrected chi connectivity index (χ2v) is 5.17. The zero-order chi connectivity index (χ0) is 17.0. The Hall–Kier alpha value is -2.82. The Balaban J connectivity index is 2.10. The lowest BCUT2D eigenvalue weighted by Crippen LogP contribution is -2.15. The third-order valence-corrected chi connectivity index (χ3v) is 3.47. The molecule has 0 heterocycles. The highest BCUT2D eigenvalue weighted by molar-refractivity contribution is 6.01. The minimum Gasteiger partial charge on any atom is -0.504 e. The number of para-hydroxylation sites is 1. The van der Waals surface area contributed by atoms with Crippen LogP contribution in [0.1, 0.15) is 31.8 Å². The first-order valence-corrected chi connectivity index (χ1v) is 7.07. The van der Waals surface area contributed by atoms with E-state index in [0.717, 1.165) is 11.1 Å². The smallest absolute Gasteiger partial charge is 0.342 e. The van der Waals surface area contributed by atoms with Crippen molar-refractivity contribution in [1.29, 1.82) is 0 Å². The molecule has 0 saturated heterocycles. The van der Waals surface area contributed by atoms with Crippen molar-refractivity contribution >= 4 is 11.8 Å². The highest BCUT2D eigenvalue weighted by atomic mass is 16.5. The molecule has 23 heavy (non-hydrogen) atoms. The van der Waals surface area contributed by atoms with Gasteiger partial charge in [0.1, 0.15) is 5.56 Å². The molecule has 0 atom stereocenters. The lowest BCUT2D eigenvalue weighted by atomic mass is 10.0. The molecule has 2 aromatic rings. The largest absolute Gasteiger partial charge is 0.504 e. The summed E-state index contributed by atoms with van der Waals surface area (Å²) in [6.07, 6.45) is 0. The van der Waals surface area contributed by atoms with Crippen LogP contribution in [0.25, 0.3) is 0 Å². The molecule has 0 fully saturated rings. The topological polar surface area (TPSA) is 72.8 Å². The molecule has 0 spiro atoms. The highest BCUT2D eigenvalue weighted by Gasteiger charge is 2.18. The van der Waals surface area contributed by atoms with Crippen LogP contribution in [0.3, 0.4) is 0 Å². The molecule has 2 rings (SSSR count). The van der Waals surface area contributed by atoms with Crippen molar-refractivity contribution < 1.29 is 24.2 Å². The maximum Gasteiger partial charge on any atom is 0.342 e. The van der Waals surface area contributed by atoms with Gasteiger partial charge in [-0.2, -0.15) is 0 Å². The number of aryl methyl sites for hydroxylation is 2. The van der Waals surface area contributed by atoms with Gasteiger partial charge in [0.25, 0.3) is 0 Å². The van der Waals surface area contributed by atoms with Gasteiger partial charge >= 0.3 is 5.97 Å². The van der Waals surface area contributed by atoms with Crippen molar-refractivity contribution in [3.8, 4) is 11.5 Å². The van der Waals surface area contributed by atoms with Crippen LogP contribution in [0.5, 0.6) is 11.5 Å². The molecule has 5 heteroatoms. The van der Waals surface area contributed by atoms with Crippen molar-refractivity contribution in [2.45, 2.75) is 13.8 Å². The first-order chi connectivity index (χ1) is 10.9. The number of carbonyl (C=O) groups is 2. The first-order valence-electron chi connectivity index (χ1n) is 7.07. The number of benzene rings is 2. The summed E-state index contributed by atoms with van der Waals surface area (Å²) in [7, 11) is 1.38. The zero-order valence-corrected chi connectivity index (χ0v) is 13.3. The number of esters is 1. The van der Waals surface area contributed by atoms with Crippen LogP contribution >= 0.6 is 0 Å². The fourth-order valence-electron chi connectivity index (χ4n) is 2.17. The van der Waals surface area contributed by atoms with E-state index in [2.05, 4.69) is 0 Å². The van der Waals surface area contributed by atoms with Crippen molar-refractivity contribution in [1.82, 2.24) is 0 Å². The highest BCUT2D eigenvalue weighted by Crippen LogP contribution is 2.29.